The molecule has 0 aromatic carbocycles. The standard InChI is InChI=1S/C11H24N2/c1-9(2)12-11-6-8-13(4)7-5-10(11)3/h9-12H,5-8H2,1-4H3. The van der Waals surface area contributed by atoms with Crippen molar-refractivity contribution >= 4 is 0 Å². The zero-order valence-electron chi connectivity index (χ0n) is 9.51. The zero-order chi connectivity index (χ0) is 9.84. The van der Waals surface area contributed by atoms with E-state index in [1.165, 1.54) is 25.9 Å². The van der Waals surface area contributed by atoms with E-state index in [9.17, 15) is 0 Å². The second-order valence-corrected chi connectivity index (χ2v) is 4.79. The summed E-state index contributed by atoms with van der Waals surface area (Å²) in [4.78, 5) is 2.44. The maximum absolute atomic E-state index is 3.67. The summed E-state index contributed by atoms with van der Waals surface area (Å²) in [5.41, 5.74) is 0. The minimum absolute atomic E-state index is 0.621. The van der Waals surface area contributed by atoms with Gasteiger partial charge in [-0.1, -0.05) is 20.8 Å². The largest absolute Gasteiger partial charge is 0.311 e. The Labute approximate surface area is 82.7 Å². The van der Waals surface area contributed by atoms with E-state index in [1.54, 1.807) is 0 Å². The third-order valence-corrected chi connectivity index (χ3v) is 3.02. The van der Waals surface area contributed by atoms with E-state index in [0.717, 1.165) is 12.0 Å². The molecule has 1 saturated heterocycles. The second-order valence-electron chi connectivity index (χ2n) is 4.79. The maximum atomic E-state index is 3.67. The van der Waals surface area contributed by atoms with Crippen LogP contribution in [0.4, 0.5) is 0 Å². The Morgan fingerprint density at radius 2 is 1.85 bits per heavy atom. The quantitative estimate of drug-likeness (QED) is 0.703. The smallest absolute Gasteiger partial charge is 0.0108 e. The van der Waals surface area contributed by atoms with Crippen molar-refractivity contribution < 1.29 is 0 Å². The van der Waals surface area contributed by atoms with Crippen molar-refractivity contribution in [3.05, 3.63) is 0 Å². The molecule has 2 atom stereocenters. The van der Waals surface area contributed by atoms with Crippen molar-refractivity contribution in [2.45, 2.75) is 45.7 Å². The predicted molar refractivity (Wildman–Crippen MR) is 58.0 cm³/mol. The van der Waals surface area contributed by atoms with Crippen LogP contribution in [0.25, 0.3) is 0 Å². The van der Waals surface area contributed by atoms with Gasteiger partial charge in [0.1, 0.15) is 0 Å². The van der Waals surface area contributed by atoms with Gasteiger partial charge in [-0.15, -0.1) is 0 Å². The van der Waals surface area contributed by atoms with E-state index in [0.29, 0.717) is 6.04 Å². The molecule has 1 heterocycles. The lowest BCUT2D eigenvalue weighted by atomic mass is 9.96. The molecule has 1 aliphatic rings. The van der Waals surface area contributed by atoms with E-state index < -0.39 is 0 Å². The van der Waals surface area contributed by atoms with Gasteiger partial charge >= 0.3 is 0 Å². The highest BCUT2D eigenvalue weighted by Crippen LogP contribution is 2.17. The van der Waals surface area contributed by atoms with Crippen molar-refractivity contribution in [2.24, 2.45) is 5.92 Å². The van der Waals surface area contributed by atoms with Crippen molar-refractivity contribution in [3.63, 3.8) is 0 Å². The molecule has 1 rings (SSSR count). The van der Waals surface area contributed by atoms with Crippen LogP contribution < -0.4 is 5.32 Å². The Kier molecular flexibility index (Phi) is 4.20. The lowest BCUT2D eigenvalue weighted by molar-refractivity contribution is 0.338. The summed E-state index contributed by atoms with van der Waals surface area (Å²) < 4.78 is 0. The average Bonchev–Trinajstić information content (AvgIpc) is 2.19. The van der Waals surface area contributed by atoms with Crippen LogP contribution in [0.15, 0.2) is 0 Å². The third-order valence-electron chi connectivity index (χ3n) is 3.02. The number of nitrogens with zero attached hydrogens (tertiary/aromatic N) is 1. The SMILES string of the molecule is CC(C)NC1CCN(C)CCC1C. The van der Waals surface area contributed by atoms with Crippen molar-refractivity contribution in [3.8, 4) is 0 Å². The van der Waals surface area contributed by atoms with Gasteiger partial charge in [0.25, 0.3) is 0 Å². The fourth-order valence-electron chi connectivity index (χ4n) is 2.06. The van der Waals surface area contributed by atoms with E-state index in [1.807, 2.05) is 0 Å². The van der Waals surface area contributed by atoms with Gasteiger partial charge in [0, 0.05) is 12.1 Å². The molecule has 0 amide bonds. The van der Waals surface area contributed by atoms with Gasteiger partial charge < -0.3 is 10.2 Å². The number of hydrogen-bond donors (Lipinski definition) is 1. The molecule has 13 heavy (non-hydrogen) atoms. The highest BCUT2D eigenvalue weighted by Gasteiger charge is 2.21. The normalized spacial score (nSPS) is 32.1. The van der Waals surface area contributed by atoms with Crippen molar-refractivity contribution in [1.29, 1.82) is 0 Å². The summed E-state index contributed by atoms with van der Waals surface area (Å²) in [5, 5.41) is 3.67. The molecule has 0 spiro atoms. The molecule has 2 unspecified atom stereocenters. The zero-order valence-corrected chi connectivity index (χ0v) is 9.51. The van der Waals surface area contributed by atoms with Crippen molar-refractivity contribution in [1.82, 2.24) is 10.2 Å². The molecule has 1 aliphatic heterocycles. The van der Waals surface area contributed by atoms with Crippen LogP contribution in [0.3, 0.4) is 0 Å². The van der Waals surface area contributed by atoms with Gasteiger partial charge in [0.15, 0.2) is 0 Å². The number of nitrogens with one attached hydrogen (secondary N) is 1. The van der Waals surface area contributed by atoms with Gasteiger partial charge in [-0.05, 0) is 38.9 Å². The van der Waals surface area contributed by atoms with Gasteiger partial charge in [0.05, 0.1) is 0 Å². The Bertz CT molecular complexity index is 145. The fourth-order valence-corrected chi connectivity index (χ4v) is 2.06. The number of likely N-dealkylation sites (tertiary alicyclic amines) is 1. The molecule has 78 valence electrons. The summed E-state index contributed by atoms with van der Waals surface area (Å²) in [7, 11) is 2.23. The minimum Gasteiger partial charge on any atom is -0.311 e. The fraction of sp³-hybridized carbons (Fsp3) is 1.00. The first-order valence-electron chi connectivity index (χ1n) is 5.54. The van der Waals surface area contributed by atoms with Crippen LogP contribution in [0.1, 0.15) is 33.6 Å². The molecule has 0 radical (unpaired) electrons. The second kappa shape index (κ2) is 4.97. The summed E-state index contributed by atoms with van der Waals surface area (Å²) in [6.45, 7) is 9.36. The molecule has 0 saturated carbocycles. The molecular weight excluding hydrogens is 160 g/mol. The lowest BCUT2D eigenvalue weighted by Crippen LogP contribution is -2.39. The molecule has 2 heteroatoms. The summed E-state index contributed by atoms with van der Waals surface area (Å²) in [5.74, 6) is 0.826. The Hall–Kier alpha value is -0.0800. The molecule has 0 aliphatic carbocycles. The number of rotatable bonds is 2. The molecule has 0 aromatic rings. The molecule has 0 aromatic heterocycles. The third kappa shape index (κ3) is 3.65. The molecule has 1 fully saturated rings. The average molecular weight is 184 g/mol. The molecule has 0 bridgehead atoms. The summed E-state index contributed by atoms with van der Waals surface area (Å²) in [6.07, 6.45) is 2.64. The Morgan fingerprint density at radius 1 is 1.23 bits per heavy atom. The van der Waals surface area contributed by atoms with Crippen LogP contribution >= 0.6 is 0 Å². The Morgan fingerprint density at radius 3 is 2.46 bits per heavy atom. The van der Waals surface area contributed by atoms with E-state index >= 15 is 0 Å². The monoisotopic (exact) mass is 184 g/mol. The van der Waals surface area contributed by atoms with Crippen LogP contribution in [0.2, 0.25) is 0 Å². The lowest BCUT2D eigenvalue weighted by Gasteiger charge is -2.24. The van der Waals surface area contributed by atoms with Gasteiger partial charge in [0.2, 0.25) is 0 Å². The molecular formula is C11H24N2. The topological polar surface area (TPSA) is 15.3 Å². The highest BCUT2D eigenvalue weighted by atomic mass is 15.1. The summed E-state index contributed by atoms with van der Waals surface area (Å²) in [6, 6.07) is 1.35. The van der Waals surface area contributed by atoms with Gasteiger partial charge in [-0.3, -0.25) is 0 Å². The van der Waals surface area contributed by atoms with Crippen molar-refractivity contribution in [2.75, 3.05) is 20.1 Å². The molecule has 2 nitrogen and oxygen atoms in total. The first-order chi connectivity index (χ1) is 6.09. The number of hydrogen-bond acceptors (Lipinski definition) is 2. The van der Waals surface area contributed by atoms with Crippen LogP contribution in [0, 0.1) is 5.92 Å². The van der Waals surface area contributed by atoms with Crippen LogP contribution in [-0.2, 0) is 0 Å². The van der Waals surface area contributed by atoms with Gasteiger partial charge in [-0.2, -0.15) is 0 Å². The maximum Gasteiger partial charge on any atom is 0.0108 e. The van der Waals surface area contributed by atoms with Gasteiger partial charge in [-0.25, -0.2) is 0 Å². The first-order valence-corrected chi connectivity index (χ1v) is 5.54. The van der Waals surface area contributed by atoms with E-state index in [4.69, 9.17) is 0 Å². The van der Waals surface area contributed by atoms with E-state index in [-0.39, 0.29) is 0 Å². The first kappa shape index (κ1) is 11.0. The minimum atomic E-state index is 0.621. The summed E-state index contributed by atoms with van der Waals surface area (Å²) >= 11 is 0. The highest BCUT2D eigenvalue weighted by molar-refractivity contribution is 4.79. The Balaban J connectivity index is 2.42. The van der Waals surface area contributed by atoms with Crippen LogP contribution in [0.5, 0.6) is 0 Å². The van der Waals surface area contributed by atoms with Crippen LogP contribution in [-0.4, -0.2) is 37.1 Å². The van der Waals surface area contributed by atoms with E-state index in [2.05, 4.69) is 38.0 Å². The predicted octanol–water partition coefficient (Wildman–Crippen LogP) is 1.71. The molecule has 1 N–H and O–H groups in total.